The zero-order valence-electron chi connectivity index (χ0n) is 16.1. The van der Waals surface area contributed by atoms with Crippen molar-refractivity contribution in [2.24, 2.45) is 0 Å². The van der Waals surface area contributed by atoms with Crippen LogP contribution in [0, 0.1) is 13.8 Å². The van der Waals surface area contributed by atoms with E-state index in [1.54, 1.807) is 11.8 Å². The number of aromatic nitrogens is 3. The number of rotatable bonds is 7. The molecule has 3 aromatic rings. The lowest BCUT2D eigenvalue weighted by Gasteiger charge is -2.16. The van der Waals surface area contributed by atoms with Gasteiger partial charge in [0.15, 0.2) is 17.1 Å². The van der Waals surface area contributed by atoms with E-state index >= 15 is 0 Å². The molecule has 0 aliphatic carbocycles. The third-order valence-corrected chi connectivity index (χ3v) is 5.72. The van der Waals surface area contributed by atoms with Crippen LogP contribution in [0.5, 0.6) is 5.75 Å². The van der Waals surface area contributed by atoms with Gasteiger partial charge in [-0.25, -0.2) is 0 Å². The molecule has 0 radical (unpaired) electrons. The molecule has 1 aromatic heterocycles. The van der Waals surface area contributed by atoms with Gasteiger partial charge < -0.3 is 9.30 Å². The summed E-state index contributed by atoms with van der Waals surface area (Å²) < 4.78 is 9.38. The third-order valence-electron chi connectivity index (χ3n) is 4.19. The Labute approximate surface area is 173 Å². The Morgan fingerprint density at radius 1 is 1.11 bits per heavy atom. The average Bonchev–Trinajstić information content (AvgIpc) is 3.02. The molecule has 1 heterocycles. The average molecular weight is 446 g/mol. The fourth-order valence-electron chi connectivity index (χ4n) is 3.04. The van der Waals surface area contributed by atoms with Crippen LogP contribution in [0.4, 0.5) is 0 Å². The van der Waals surface area contributed by atoms with E-state index in [1.165, 1.54) is 16.7 Å². The van der Waals surface area contributed by atoms with Crippen molar-refractivity contribution >= 4 is 27.7 Å². The molecular formula is C21H24BrN3OS. The van der Waals surface area contributed by atoms with Crippen LogP contribution in [0.25, 0.3) is 0 Å². The molecule has 1 atom stereocenters. The number of hydrogen-bond donors (Lipinski definition) is 0. The van der Waals surface area contributed by atoms with Crippen LogP contribution in [0.2, 0.25) is 0 Å². The van der Waals surface area contributed by atoms with Gasteiger partial charge in [-0.2, -0.15) is 0 Å². The number of halogens is 1. The molecule has 0 bridgehead atoms. The van der Waals surface area contributed by atoms with Crippen molar-refractivity contribution in [2.45, 2.75) is 51.3 Å². The number of hydrogen-bond acceptors (Lipinski definition) is 4. The van der Waals surface area contributed by atoms with Crippen molar-refractivity contribution in [3.63, 3.8) is 0 Å². The Kier molecular flexibility index (Phi) is 6.60. The van der Waals surface area contributed by atoms with Gasteiger partial charge in [0.05, 0.1) is 0 Å². The second-order valence-corrected chi connectivity index (χ2v) is 8.45. The Hall–Kier alpha value is -1.79. The molecule has 0 saturated heterocycles. The predicted octanol–water partition coefficient (Wildman–Crippen LogP) is 6.11. The van der Waals surface area contributed by atoms with Crippen molar-refractivity contribution in [3.8, 4) is 5.75 Å². The van der Waals surface area contributed by atoms with Crippen LogP contribution >= 0.6 is 27.7 Å². The van der Waals surface area contributed by atoms with E-state index in [-0.39, 0.29) is 6.10 Å². The predicted molar refractivity (Wildman–Crippen MR) is 114 cm³/mol. The van der Waals surface area contributed by atoms with Crippen LogP contribution in [0.3, 0.4) is 0 Å². The van der Waals surface area contributed by atoms with Gasteiger partial charge in [0.2, 0.25) is 0 Å². The van der Waals surface area contributed by atoms with Gasteiger partial charge in [-0.15, -0.1) is 10.2 Å². The summed E-state index contributed by atoms with van der Waals surface area (Å²) in [6.45, 7) is 9.10. The van der Waals surface area contributed by atoms with Gasteiger partial charge in [-0.3, -0.25) is 0 Å². The topological polar surface area (TPSA) is 39.9 Å². The first-order chi connectivity index (χ1) is 13.0. The monoisotopic (exact) mass is 445 g/mol. The van der Waals surface area contributed by atoms with Crippen LogP contribution in [-0.4, -0.2) is 14.8 Å². The van der Waals surface area contributed by atoms with Crippen molar-refractivity contribution in [1.29, 1.82) is 0 Å². The molecule has 142 valence electrons. The summed E-state index contributed by atoms with van der Waals surface area (Å²) in [5.41, 5.74) is 3.64. The van der Waals surface area contributed by atoms with E-state index < -0.39 is 0 Å². The minimum Gasteiger partial charge on any atom is -0.483 e. The molecule has 0 saturated carbocycles. The maximum Gasteiger partial charge on any atom is 0.191 e. The highest BCUT2D eigenvalue weighted by molar-refractivity contribution is 9.10. The zero-order chi connectivity index (χ0) is 19.4. The van der Waals surface area contributed by atoms with Crippen molar-refractivity contribution < 1.29 is 4.74 Å². The van der Waals surface area contributed by atoms with E-state index in [9.17, 15) is 0 Å². The summed E-state index contributed by atoms with van der Waals surface area (Å²) in [6.07, 6.45) is -0.168. The molecule has 0 N–H and O–H groups in total. The molecule has 0 amide bonds. The lowest BCUT2D eigenvalue weighted by atomic mass is 10.1. The molecule has 1 unspecified atom stereocenters. The number of nitrogens with zero attached hydrogens (tertiary/aromatic N) is 3. The van der Waals surface area contributed by atoms with E-state index in [0.29, 0.717) is 0 Å². The van der Waals surface area contributed by atoms with Crippen LogP contribution < -0.4 is 4.74 Å². The van der Waals surface area contributed by atoms with Gasteiger partial charge in [0, 0.05) is 16.8 Å². The van der Waals surface area contributed by atoms with Gasteiger partial charge >= 0.3 is 0 Å². The van der Waals surface area contributed by atoms with Crippen molar-refractivity contribution in [2.75, 3.05) is 0 Å². The lowest BCUT2D eigenvalue weighted by molar-refractivity contribution is 0.209. The smallest absolute Gasteiger partial charge is 0.191 e. The normalized spacial score (nSPS) is 12.2. The second-order valence-electron chi connectivity index (χ2n) is 6.59. The maximum atomic E-state index is 6.16. The number of aryl methyl sites for hydroxylation is 2. The summed E-state index contributed by atoms with van der Waals surface area (Å²) in [5.74, 6) is 2.58. The fraction of sp³-hybridized carbons (Fsp3) is 0.333. The minimum absolute atomic E-state index is 0.168. The molecule has 2 aromatic carbocycles. The van der Waals surface area contributed by atoms with E-state index in [2.05, 4.69) is 87.9 Å². The first-order valence-electron chi connectivity index (χ1n) is 9.01. The van der Waals surface area contributed by atoms with E-state index in [1.807, 2.05) is 13.0 Å². The van der Waals surface area contributed by atoms with Crippen molar-refractivity contribution in [3.05, 3.63) is 69.5 Å². The number of thioether (sulfide) groups is 1. The Balaban J connectivity index is 1.74. The summed E-state index contributed by atoms with van der Waals surface area (Å²) in [6, 6.07) is 14.6. The molecular weight excluding hydrogens is 422 g/mol. The van der Waals surface area contributed by atoms with Crippen LogP contribution in [0.15, 0.2) is 52.1 Å². The molecule has 0 fully saturated rings. The minimum atomic E-state index is -0.168. The Morgan fingerprint density at radius 2 is 1.85 bits per heavy atom. The fourth-order valence-corrected chi connectivity index (χ4v) is 4.44. The molecule has 3 rings (SSSR count). The Bertz CT molecular complexity index is 905. The largest absolute Gasteiger partial charge is 0.483 e. The van der Waals surface area contributed by atoms with Crippen molar-refractivity contribution in [1.82, 2.24) is 14.8 Å². The Morgan fingerprint density at radius 3 is 2.52 bits per heavy atom. The molecule has 0 spiro atoms. The third kappa shape index (κ3) is 5.14. The SMILES string of the molecule is CCn1c(SCc2cccc(Br)c2)nnc1C(C)Oc1cc(C)cc(C)c1. The van der Waals surface area contributed by atoms with Gasteiger partial charge in [-0.1, -0.05) is 45.9 Å². The highest BCUT2D eigenvalue weighted by Crippen LogP contribution is 2.28. The van der Waals surface area contributed by atoms with Gasteiger partial charge in [0.1, 0.15) is 5.75 Å². The van der Waals surface area contributed by atoms with Gasteiger partial charge in [0.25, 0.3) is 0 Å². The molecule has 27 heavy (non-hydrogen) atoms. The number of benzene rings is 2. The summed E-state index contributed by atoms with van der Waals surface area (Å²) >= 11 is 5.22. The maximum absolute atomic E-state index is 6.16. The highest BCUT2D eigenvalue weighted by atomic mass is 79.9. The highest BCUT2D eigenvalue weighted by Gasteiger charge is 2.19. The zero-order valence-corrected chi connectivity index (χ0v) is 18.5. The number of ether oxygens (including phenoxy) is 1. The first-order valence-corrected chi connectivity index (χ1v) is 10.8. The first kappa shape index (κ1) is 20.0. The molecule has 0 aliphatic rings. The quantitative estimate of drug-likeness (QED) is 0.411. The standard InChI is InChI=1S/C21H24BrN3OS/c1-5-25-20(16(4)26-19-10-14(2)9-15(3)11-19)23-24-21(25)27-13-17-7-6-8-18(22)12-17/h6-12,16H,5,13H2,1-4H3. The molecule has 0 aliphatic heterocycles. The molecule has 4 nitrogen and oxygen atoms in total. The summed E-state index contributed by atoms with van der Waals surface area (Å²) in [5, 5.41) is 9.74. The summed E-state index contributed by atoms with van der Waals surface area (Å²) in [7, 11) is 0. The summed E-state index contributed by atoms with van der Waals surface area (Å²) in [4.78, 5) is 0. The second kappa shape index (κ2) is 8.93. The van der Waals surface area contributed by atoms with Gasteiger partial charge in [-0.05, 0) is 68.7 Å². The molecule has 6 heteroatoms. The van der Waals surface area contributed by atoms with Crippen LogP contribution in [0.1, 0.15) is 42.5 Å². The lowest BCUT2D eigenvalue weighted by Crippen LogP contribution is -2.12. The van der Waals surface area contributed by atoms with E-state index in [4.69, 9.17) is 4.74 Å². The van der Waals surface area contributed by atoms with E-state index in [0.717, 1.165) is 33.5 Å². The van der Waals surface area contributed by atoms with Crippen LogP contribution in [-0.2, 0) is 12.3 Å².